The zero-order chi connectivity index (χ0) is 16.6. The van der Waals surface area contributed by atoms with Crippen molar-refractivity contribution in [3.05, 3.63) is 70.2 Å². The highest BCUT2D eigenvalue weighted by Crippen LogP contribution is 2.31. The lowest BCUT2D eigenvalue weighted by atomic mass is 10.0. The Morgan fingerprint density at radius 2 is 1.91 bits per heavy atom. The van der Waals surface area contributed by atoms with Crippen molar-refractivity contribution >= 4 is 22.4 Å². The predicted molar refractivity (Wildman–Crippen MR) is 80.8 cm³/mol. The van der Waals surface area contributed by atoms with Gasteiger partial charge in [0.1, 0.15) is 11.5 Å². The predicted octanol–water partition coefficient (Wildman–Crippen LogP) is 3.65. The summed E-state index contributed by atoms with van der Waals surface area (Å²) >= 11 is 0. The van der Waals surface area contributed by atoms with Gasteiger partial charge in [-0.25, -0.2) is 14.2 Å². The first-order valence-corrected chi connectivity index (χ1v) is 6.55. The molecule has 1 N–H and O–H groups in total. The number of carbonyl (C=O) groups is 1. The number of hydrogen-bond acceptors (Lipinski definition) is 4. The summed E-state index contributed by atoms with van der Waals surface area (Å²) in [6.07, 6.45) is 0. The third-order valence-corrected chi connectivity index (χ3v) is 3.38. The van der Waals surface area contributed by atoms with Crippen LogP contribution in [0.3, 0.4) is 0 Å². The first kappa shape index (κ1) is 14.6. The van der Waals surface area contributed by atoms with Crippen LogP contribution in [0.25, 0.3) is 22.0 Å². The lowest BCUT2D eigenvalue weighted by Crippen LogP contribution is -2.03. The molecule has 0 aliphatic heterocycles. The maximum Gasteiger partial charge on any atom is 0.354 e. The molecule has 0 fully saturated rings. The maximum atomic E-state index is 14.2. The van der Waals surface area contributed by atoms with Gasteiger partial charge in [-0.2, -0.15) is 0 Å². The Bertz CT molecular complexity index is 956. The molecule has 114 valence electrons. The molecule has 0 saturated carbocycles. The number of hydrogen-bond donors (Lipinski definition) is 1. The molecular formula is C16H9FN2O4. The number of non-ortho nitro benzene ring substituents is 1. The van der Waals surface area contributed by atoms with Gasteiger partial charge >= 0.3 is 5.97 Å². The Kier molecular flexibility index (Phi) is 3.46. The molecule has 0 unspecified atom stereocenters. The van der Waals surface area contributed by atoms with E-state index in [9.17, 15) is 19.3 Å². The van der Waals surface area contributed by atoms with Crippen molar-refractivity contribution in [2.75, 3.05) is 0 Å². The van der Waals surface area contributed by atoms with Crippen LogP contribution in [0.2, 0.25) is 0 Å². The minimum Gasteiger partial charge on any atom is -0.477 e. The largest absolute Gasteiger partial charge is 0.477 e. The Morgan fingerprint density at radius 3 is 2.61 bits per heavy atom. The Balaban J connectivity index is 2.37. The average Bonchev–Trinajstić information content (AvgIpc) is 2.54. The van der Waals surface area contributed by atoms with Gasteiger partial charge in [-0.1, -0.05) is 24.3 Å². The highest BCUT2D eigenvalue weighted by molar-refractivity contribution is 5.99. The van der Waals surface area contributed by atoms with Crippen LogP contribution in [0.5, 0.6) is 0 Å². The van der Waals surface area contributed by atoms with Crippen molar-refractivity contribution in [2.24, 2.45) is 0 Å². The molecule has 23 heavy (non-hydrogen) atoms. The van der Waals surface area contributed by atoms with Crippen molar-refractivity contribution in [3.8, 4) is 11.3 Å². The third kappa shape index (κ3) is 2.59. The second-order valence-electron chi connectivity index (χ2n) is 4.80. The quantitative estimate of drug-likeness (QED) is 0.588. The zero-order valence-corrected chi connectivity index (χ0v) is 11.6. The van der Waals surface area contributed by atoms with Crippen LogP contribution >= 0.6 is 0 Å². The van der Waals surface area contributed by atoms with Gasteiger partial charge in [0.25, 0.3) is 5.69 Å². The van der Waals surface area contributed by atoms with E-state index in [4.69, 9.17) is 5.11 Å². The number of aromatic nitrogens is 1. The molecular weight excluding hydrogens is 303 g/mol. The molecule has 3 aromatic rings. The number of nitrogens with zero attached hydrogens (tertiary/aromatic N) is 2. The monoisotopic (exact) mass is 312 g/mol. The normalized spacial score (nSPS) is 10.7. The Labute approximate surface area is 129 Å². The molecule has 0 saturated heterocycles. The molecule has 7 heteroatoms. The molecule has 0 aliphatic rings. The second kappa shape index (κ2) is 5.45. The SMILES string of the molecule is O=C(O)c1cc2ccccc2c(-c2cc([N+](=O)[O-])ccc2F)n1. The van der Waals surface area contributed by atoms with E-state index in [0.29, 0.717) is 10.8 Å². The fourth-order valence-electron chi connectivity index (χ4n) is 2.32. The highest BCUT2D eigenvalue weighted by Gasteiger charge is 2.18. The van der Waals surface area contributed by atoms with Gasteiger partial charge in [0.05, 0.1) is 10.6 Å². The highest BCUT2D eigenvalue weighted by atomic mass is 19.1. The molecule has 0 radical (unpaired) electrons. The third-order valence-electron chi connectivity index (χ3n) is 3.38. The number of carboxylic acids is 1. The van der Waals surface area contributed by atoms with Gasteiger partial charge < -0.3 is 5.11 Å². The first-order chi connectivity index (χ1) is 11.0. The van der Waals surface area contributed by atoms with Crippen molar-refractivity contribution < 1.29 is 19.2 Å². The van der Waals surface area contributed by atoms with Gasteiger partial charge in [0.15, 0.2) is 0 Å². The minimum atomic E-state index is -1.26. The van der Waals surface area contributed by atoms with Gasteiger partial charge in [0.2, 0.25) is 0 Å². The van der Waals surface area contributed by atoms with Crippen LogP contribution in [0.1, 0.15) is 10.5 Å². The number of halogens is 1. The fraction of sp³-hybridized carbons (Fsp3) is 0. The van der Waals surface area contributed by atoms with E-state index in [2.05, 4.69) is 4.98 Å². The number of aromatic carboxylic acids is 1. The summed E-state index contributed by atoms with van der Waals surface area (Å²) in [6, 6.07) is 11.2. The van der Waals surface area contributed by atoms with Crippen LogP contribution in [-0.2, 0) is 0 Å². The number of fused-ring (bicyclic) bond motifs is 1. The second-order valence-corrected chi connectivity index (χ2v) is 4.80. The van der Waals surface area contributed by atoms with Crippen molar-refractivity contribution in [1.82, 2.24) is 4.98 Å². The Morgan fingerprint density at radius 1 is 1.17 bits per heavy atom. The lowest BCUT2D eigenvalue weighted by Gasteiger charge is -2.08. The van der Waals surface area contributed by atoms with Gasteiger partial charge in [-0.05, 0) is 17.5 Å². The van der Waals surface area contributed by atoms with Crippen LogP contribution < -0.4 is 0 Å². The molecule has 1 heterocycles. The van der Waals surface area contributed by atoms with Crippen LogP contribution in [-0.4, -0.2) is 21.0 Å². The maximum absolute atomic E-state index is 14.2. The molecule has 0 spiro atoms. The van der Waals surface area contributed by atoms with E-state index < -0.39 is 16.7 Å². The van der Waals surface area contributed by atoms with E-state index in [-0.39, 0.29) is 22.6 Å². The van der Waals surface area contributed by atoms with E-state index in [1.54, 1.807) is 24.3 Å². The van der Waals surface area contributed by atoms with Crippen molar-refractivity contribution in [3.63, 3.8) is 0 Å². The van der Waals surface area contributed by atoms with E-state index >= 15 is 0 Å². The summed E-state index contributed by atoms with van der Waals surface area (Å²) in [5.74, 6) is -1.97. The number of nitro benzene ring substituents is 1. The molecule has 0 bridgehead atoms. The average molecular weight is 312 g/mol. The molecule has 0 atom stereocenters. The molecule has 0 amide bonds. The minimum absolute atomic E-state index is 0.0571. The zero-order valence-electron chi connectivity index (χ0n) is 11.6. The molecule has 0 aliphatic carbocycles. The van der Waals surface area contributed by atoms with Crippen molar-refractivity contribution in [2.45, 2.75) is 0 Å². The van der Waals surface area contributed by atoms with Crippen LogP contribution in [0.15, 0.2) is 48.5 Å². The first-order valence-electron chi connectivity index (χ1n) is 6.55. The smallest absolute Gasteiger partial charge is 0.354 e. The molecule has 1 aromatic heterocycles. The summed E-state index contributed by atoms with van der Waals surface area (Å²) in [5, 5.41) is 21.1. The topological polar surface area (TPSA) is 93.3 Å². The molecule has 3 rings (SSSR count). The van der Waals surface area contributed by atoms with Gasteiger partial charge in [0, 0.05) is 23.1 Å². The van der Waals surface area contributed by atoms with Crippen molar-refractivity contribution in [1.29, 1.82) is 0 Å². The standard InChI is InChI=1S/C16H9FN2O4/c17-13-6-5-10(19(22)23)8-12(13)15-11-4-2-1-3-9(11)7-14(18-15)16(20)21/h1-8H,(H,20,21). The molecule has 6 nitrogen and oxygen atoms in total. The van der Waals surface area contributed by atoms with Crippen LogP contribution in [0, 0.1) is 15.9 Å². The van der Waals surface area contributed by atoms with Crippen LogP contribution in [0.4, 0.5) is 10.1 Å². The summed E-state index contributed by atoms with van der Waals surface area (Å²) in [7, 11) is 0. The van der Waals surface area contributed by atoms with E-state index in [1.807, 2.05) is 0 Å². The number of benzene rings is 2. The number of carboxylic acid groups (broad SMARTS) is 1. The Hall–Kier alpha value is -3.35. The number of pyridine rings is 1. The fourth-order valence-corrected chi connectivity index (χ4v) is 2.32. The summed E-state index contributed by atoms with van der Waals surface area (Å²) < 4.78 is 14.2. The van der Waals surface area contributed by atoms with Gasteiger partial charge in [-0.3, -0.25) is 10.1 Å². The van der Waals surface area contributed by atoms with Gasteiger partial charge in [-0.15, -0.1) is 0 Å². The number of nitro groups is 1. The summed E-state index contributed by atoms with van der Waals surface area (Å²) in [6.45, 7) is 0. The summed E-state index contributed by atoms with van der Waals surface area (Å²) in [4.78, 5) is 25.5. The number of rotatable bonds is 3. The lowest BCUT2D eigenvalue weighted by molar-refractivity contribution is -0.384. The van der Waals surface area contributed by atoms with E-state index in [1.165, 1.54) is 6.07 Å². The summed E-state index contributed by atoms with van der Waals surface area (Å²) in [5.41, 5.74) is -0.613. The molecule has 2 aromatic carbocycles. The van der Waals surface area contributed by atoms with E-state index in [0.717, 1.165) is 18.2 Å².